The molecule has 7 nitrogen and oxygen atoms in total. The molecule has 0 radical (unpaired) electrons. The molecule has 0 aliphatic carbocycles. The molecule has 0 spiro atoms. The second kappa shape index (κ2) is 5.47. The second-order valence-electron chi connectivity index (χ2n) is 3.87. The van der Waals surface area contributed by atoms with Gasteiger partial charge >= 0.3 is 5.97 Å². The number of ether oxygens (including phenoxy) is 2. The second-order valence-corrected chi connectivity index (χ2v) is 4.30. The fourth-order valence-electron chi connectivity index (χ4n) is 1.58. The molecule has 1 heterocycles. The van der Waals surface area contributed by atoms with Crippen LogP contribution in [0.2, 0.25) is 0 Å². The van der Waals surface area contributed by atoms with Crippen molar-refractivity contribution in [2.75, 3.05) is 13.2 Å². The van der Waals surface area contributed by atoms with Crippen molar-refractivity contribution < 1.29 is 34.7 Å². The minimum absolute atomic E-state index is 0.616. The van der Waals surface area contributed by atoms with Gasteiger partial charge in [0, 0.05) is 6.92 Å². The first-order valence-electron chi connectivity index (χ1n) is 4.95. The first kappa shape index (κ1) is 14.6. The molecular formula is C9H15ClO7. The Morgan fingerprint density at radius 3 is 2.59 bits per heavy atom. The van der Waals surface area contributed by atoms with Crippen LogP contribution in [0, 0.1) is 0 Å². The van der Waals surface area contributed by atoms with E-state index in [4.69, 9.17) is 21.4 Å². The van der Waals surface area contributed by atoms with E-state index in [1.54, 1.807) is 0 Å². The Labute approximate surface area is 103 Å². The van der Waals surface area contributed by atoms with Crippen LogP contribution < -0.4 is 0 Å². The van der Waals surface area contributed by atoms with Gasteiger partial charge in [-0.1, -0.05) is 11.6 Å². The summed E-state index contributed by atoms with van der Waals surface area (Å²) in [5.41, 5.74) is -3.37. The van der Waals surface area contributed by atoms with Crippen molar-refractivity contribution in [2.45, 2.75) is 36.4 Å². The molecule has 1 aliphatic heterocycles. The molecule has 5 atom stereocenters. The van der Waals surface area contributed by atoms with Crippen molar-refractivity contribution in [3.8, 4) is 0 Å². The van der Waals surface area contributed by atoms with Crippen LogP contribution in [0.5, 0.6) is 0 Å². The number of aliphatic hydroxyl groups excluding tert-OH is 3. The molecule has 0 amide bonds. The van der Waals surface area contributed by atoms with Gasteiger partial charge in [-0.25, -0.2) is 0 Å². The number of carbonyl (C=O) groups excluding carboxylic acids is 1. The van der Waals surface area contributed by atoms with Gasteiger partial charge in [0.1, 0.15) is 24.9 Å². The van der Waals surface area contributed by atoms with Crippen LogP contribution in [0.4, 0.5) is 0 Å². The number of esters is 1. The number of alkyl halides is 1. The Hall–Kier alpha value is -0.440. The maximum Gasteiger partial charge on any atom is 0.302 e. The van der Waals surface area contributed by atoms with Crippen LogP contribution >= 0.6 is 11.6 Å². The van der Waals surface area contributed by atoms with Crippen LogP contribution in [0.1, 0.15) is 6.92 Å². The zero-order valence-corrected chi connectivity index (χ0v) is 9.87. The van der Waals surface area contributed by atoms with Gasteiger partial charge in [-0.15, -0.1) is 0 Å². The SMILES string of the molecule is CC(=O)OC[C@]1(O)[C@H](O)[C@@H](O)C(Cl)O[C@@H]1CO. The third-order valence-corrected chi connectivity index (χ3v) is 2.99. The van der Waals surface area contributed by atoms with Crippen molar-refractivity contribution in [2.24, 2.45) is 0 Å². The van der Waals surface area contributed by atoms with E-state index in [9.17, 15) is 20.1 Å². The highest BCUT2D eigenvalue weighted by atomic mass is 35.5. The first-order chi connectivity index (χ1) is 7.82. The van der Waals surface area contributed by atoms with Crippen LogP contribution in [0.3, 0.4) is 0 Å². The van der Waals surface area contributed by atoms with E-state index < -0.39 is 48.7 Å². The highest BCUT2D eigenvalue weighted by Gasteiger charge is 2.54. The Balaban J connectivity index is 2.86. The zero-order valence-electron chi connectivity index (χ0n) is 9.12. The van der Waals surface area contributed by atoms with Gasteiger partial charge in [0.15, 0.2) is 11.2 Å². The van der Waals surface area contributed by atoms with E-state index in [-0.39, 0.29) is 0 Å². The van der Waals surface area contributed by atoms with Gasteiger partial charge in [0.25, 0.3) is 0 Å². The van der Waals surface area contributed by atoms with E-state index in [1.807, 2.05) is 0 Å². The largest absolute Gasteiger partial charge is 0.463 e. The molecule has 0 aromatic heterocycles. The van der Waals surface area contributed by atoms with Gasteiger partial charge in [-0.2, -0.15) is 0 Å². The maximum absolute atomic E-state index is 10.7. The number of hydrogen-bond donors (Lipinski definition) is 4. The summed E-state index contributed by atoms with van der Waals surface area (Å²) in [6.07, 6.45) is -4.52. The molecule has 0 aromatic rings. The van der Waals surface area contributed by atoms with E-state index in [2.05, 4.69) is 4.74 Å². The number of rotatable bonds is 3. The number of hydrogen-bond acceptors (Lipinski definition) is 7. The smallest absolute Gasteiger partial charge is 0.302 e. The van der Waals surface area contributed by atoms with Crippen LogP contribution in [-0.2, 0) is 14.3 Å². The Bertz CT molecular complexity index is 283. The maximum atomic E-state index is 10.7. The molecule has 1 aliphatic rings. The molecule has 0 aromatic carbocycles. The van der Waals surface area contributed by atoms with Crippen molar-refractivity contribution in [3.63, 3.8) is 0 Å². The van der Waals surface area contributed by atoms with Gasteiger partial charge in [0.05, 0.1) is 6.61 Å². The molecule has 8 heteroatoms. The van der Waals surface area contributed by atoms with E-state index in [0.29, 0.717) is 0 Å². The third kappa shape index (κ3) is 2.87. The standard InChI is InChI=1S/C9H15ClO7/c1-4(12)16-3-9(15)5(2-11)17-8(10)6(13)7(9)14/h5-8,11,13-15H,2-3H2,1H3/t5-,6-,7-,8?,9-/m1/s1. The van der Waals surface area contributed by atoms with Crippen LogP contribution in [0.15, 0.2) is 0 Å². The van der Waals surface area contributed by atoms with E-state index >= 15 is 0 Å². The summed E-state index contributed by atoms with van der Waals surface area (Å²) in [4.78, 5) is 10.7. The summed E-state index contributed by atoms with van der Waals surface area (Å²) >= 11 is 5.56. The highest BCUT2D eigenvalue weighted by Crippen LogP contribution is 2.31. The molecule has 1 saturated heterocycles. The summed E-state index contributed by atoms with van der Waals surface area (Å²) in [5, 5.41) is 38.3. The molecule has 100 valence electrons. The van der Waals surface area contributed by atoms with E-state index in [0.717, 1.165) is 6.92 Å². The predicted molar refractivity (Wildman–Crippen MR) is 55.2 cm³/mol. The fourth-order valence-corrected chi connectivity index (χ4v) is 1.84. The summed E-state index contributed by atoms with van der Waals surface area (Å²) in [5.74, 6) is -0.676. The first-order valence-corrected chi connectivity index (χ1v) is 5.39. The molecule has 17 heavy (non-hydrogen) atoms. The minimum Gasteiger partial charge on any atom is -0.463 e. The van der Waals surface area contributed by atoms with Gasteiger partial charge in [-0.3, -0.25) is 4.79 Å². The van der Waals surface area contributed by atoms with Gasteiger partial charge < -0.3 is 29.9 Å². The van der Waals surface area contributed by atoms with Gasteiger partial charge in [0.2, 0.25) is 0 Å². The highest BCUT2D eigenvalue weighted by molar-refractivity contribution is 6.20. The van der Waals surface area contributed by atoms with Crippen molar-refractivity contribution in [3.05, 3.63) is 0 Å². The minimum atomic E-state index is -2.11. The van der Waals surface area contributed by atoms with Crippen molar-refractivity contribution in [1.82, 2.24) is 0 Å². The monoisotopic (exact) mass is 270 g/mol. The summed E-state index contributed by atoms with van der Waals surface area (Å²) in [6, 6.07) is 0. The third-order valence-electron chi connectivity index (χ3n) is 2.63. The Morgan fingerprint density at radius 1 is 1.53 bits per heavy atom. The number of carbonyl (C=O) groups is 1. The van der Waals surface area contributed by atoms with Crippen molar-refractivity contribution >= 4 is 17.6 Å². The lowest BCUT2D eigenvalue weighted by Crippen LogP contribution is -2.67. The number of halogens is 1. The average Bonchev–Trinajstić information content (AvgIpc) is 2.29. The van der Waals surface area contributed by atoms with Crippen LogP contribution in [-0.4, -0.2) is 69.1 Å². The predicted octanol–water partition coefficient (Wildman–Crippen LogP) is -2.04. The zero-order chi connectivity index (χ0) is 13.2. The fraction of sp³-hybridized carbons (Fsp3) is 0.889. The molecular weight excluding hydrogens is 256 g/mol. The molecule has 0 bridgehead atoms. The molecule has 0 saturated carbocycles. The molecule has 1 fully saturated rings. The molecule has 1 rings (SSSR count). The normalized spacial score (nSPS) is 42.2. The Kier molecular flexibility index (Phi) is 4.70. The summed E-state index contributed by atoms with van der Waals surface area (Å²) in [6.45, 7) is -0.145. The van der Waals surface area contributed by atoms with Crippen molar-refractivity contribution in [1.29, 1.82) is 0 Å². The van der Waals surface area contributed by atoms with E-state index in [1.165, 1.54) is 0 Å². The topological polar surface area (TPSA) is 116 Å². The molecule has 4 N–H and O–H groups in total. The molecule has 1 unspecified atom stereocenters. The Morgan fingerprint density at radius 2 is 2.12 bits per heavy atom. The summed E-state index contributed by atoms with van der Waals surface area (Å²) < 4.78 is 9.51. The lowest BCUT2D eigenvalue weighted by atomic mass is 9.85. The lowest BCUT2D eigenvalue weighted by molar-refractivity contribution is -0.271. The summed E-state index contributed by atoms with van der Waals surface area (Å²) in [7, 11) is 0. The quantitative estimate of drug-likeness (QED) is 0.345. The van der Waals surface area contributed by atoms with Crippen LogP contribution in [0.25, 0.3) is 0 Å². The number of aliphatic hydroxyl groups is 4. The lowest BCUT2D eigenvalue weighted by Gasteiger charge is -2.45. The average molecular weight is 271 g/mol. The van der Waals surface area contributed by atoms with Gasteiger partial charge in [-0.05, 0) is 0 Å².